The molecule has 0 saturated heterocycles. The third-order valence-electron chi connectivity index (χ3n) is 3.80. The van der Waals surface area contributed by atoms with Gasteiger partial charge in [-0.2, -0.15) is 0 Å². The first-order chi connectivity index (χ1) is 11.7. The lowest BCUT2D eigenvalue weighted by Crippen LogP contribution is -2.20. The van der Waals surface area contributed by atoms with E-state index >= 15 is 0 Å². The summed E-state index contributed by atoms with van der Waals surface area (Å²) < 4.78 is 5.08. The number of aromatic nitrogens is 1. The molecule has 0 spiro atoms. The number of nitrogens with zero attached hydrogens (tertiary/aromatic N) is 2. The van der Waals surface area contributed by atoms with Crippen LogP contribution in [0.15, 0.2) is 71.6 Å². The summed E-state index contributed by atoms with van der Waals surface area (Å²) in [4.78, 5) is 18.1. The van der Waals surface area contributed by atoms with Crippen molar-refractivity contribution in [3.05, 3.63) is 78.5 Å². The summed E-state index contributed by atoms with van der Waals surface area (Å²) in [7, 11) is 2.05. The van der Waals surface area contributed by atoms with Gasteiger partial charge in [-0.05, 0) is 60.5 Å². The van der Waals surface area contributed by atoms with E-state index in [0.29, 0.717) is 5.76 Å². The summed E-state index contributed by atoms with van der Waals surface area (Å²) in [6.45, 7) is 0.905. The molecule has 0 atom stereocenters. The predicted octanol–water partition coefficient (Wildman–Crippen LogP) is 3.61. The molecule has 0 radical (unpaired) electrons. The lowest BCUT2D eigenvalue weighted by atomic mass is 10.2. The Balaban J connectivity index is 1.56. The molecular formula is C19H19N3O2. The molecule has 1 amide bonds. The van der Waals surface area contributed by atoms with E-state index in [0.717, 1.165) is 24.3 Å². The van der Waals surface area contributed by atoms with Gasteiger partial charge in [-0.1, -0.05) is 0 Å². The highest BCUT2D eigenvalue weighted by Gasteiger charge is 2.09. The third kappa shape index (κ3) is 4.01. The van der Waals surface area contributed by atoms with Gasteiger partial charge in [0.25, 0.3) is 5.91 Å². The molecule has 24 heavy (non-hydrogen) atoms. The fourth-order valence-electron chi connectivity index (χ4n) is 2.38. The fraction of sp³-hybridized carbons (Fsp3) is 0.158. The summed E-state index contributed by atoms with van der Waals surface area (Å²) in [6.07, 6.45) is 6.06. The Kier molecular flexibility index (Phi) is 4.91. The number of anilines is 2. The van der Waals surface area contributed by atoms with Crippen molar-refractivity contribution in [1.29, 1.82) is 0 Å². The van der Waals surface area contributed by atoms with E-state index in [-0.39, 0.29) is 5.91 Å². The van der Waals surface area contributed by atoms with Gasteiger partial charge in [0.1, 0.15) is 0 Å². The van der Waals surface area contributed by atoms with Crippen LogP contribution in [0.5, 0.6) is 0 Å². The molecule has 0 fully saturated rings. The molecule has 0 unspecified atom stereocenters. The molecule has 0 aliphatic rings. The Labute approximate surface area is 140 Å². The Bertz CT molecular complexity index is 768. The smallest absolute Gasteiger partial charge is 0.291 e. The van der Waals surface area contributed by atoms with E-state index in [4.69, 9.17) is 4.42 Å². The van der Waals surface area contributed by atoms with Crippen molar-refractivity contribution in [3.63, 3.8) is 0 Å². The molecule has 0 aliphatic carbocycles. The minimum Gasteiger partial charge on any atom is -0.459 e. The molecule has 0 bridgehead atoms. The molecule has 1 aromatic carbocycles. The van der Waals surface area contributed by atoms with E-state index in [1.54, 1.807) is 12.1 Å². The lowest BCUT2D eigenvalue weighted by molar-refractivity contribution is 0.0996. The van der Waals surface area contributed by atoms with Crippen LogP contribution in [-0.4, -0.2) is 24.5 Å². The van der Waals surface area contributed by atoms with Crippen molar-refractivity contribution in [1.82, 2.24) is 4.98 Å². The molecule has 3 rings (SSSR count). The Morgan fingerprint density at radius 3 is 2.54 bits per heavy atom. The average Bonchev–Trinajstić information content (AvgIpc) is 3.16. The van der Waals surface area contributed by atoms with Crippen LogP contribution < -0.4 is 10.2 Å². The number of hydrogen-bond acceptors (Lipinski definition) is 4. The highest BCUT2D eigenvalue weighted by Crippen LogP contribution is 2.18. The van der Waals surface area contributed by atoms with Crippen LogP contribution >= 0.6 is 0 Å². The van der Waals surface area contributed by atoms with Gasteiger partial charge >= 0.3 is 0 Å². The SMILES string of the molecule is CN(CCc1ccncc1)c1ccc(NC(=O)c2ccco2)cc1. The number of furan rings is 1. The number of nitrogens with one attached hydrogen (secondary N) is 1. The van der Waals surface area contributed by atoms with Crippen LogP contribution in [0.1, 0.15) is 16.1 Å². The molecule has 2 heterocycles. The molecule has 5 heteroatoms. The maximum atomic E-state index is 11.9. The van der Waals surface area contributed by atoms with Crippen LogP contribution in [-0.2, 0) is 6.42 Å². The standard InChI is InChI=1S/C19H19N3O2/c1-22(13-10-15-8-11-20-12-9-15)17-6-4-16(5-7-17)21-19(23)18-3-2-14-24-18/h2-9,11-12,14H,10,13H2,1H3,(H,21,23). The summed E-state index contributed by atoms with van der Waals surface area (Å²) >= 11 is 0. The Morgan fingerprint density at radius 1 is 1.12 bits per heavy atom. The highest BCUT2D eigenvalue weighted by molar-refractivity contribution is 6.02. The monoisotopic (exact) mass is 321 g/mol. The number of likely N-dealkylation sites (N-methyl/N-ethyl adjacent to an activating group) is 1. The van der Waals surface area contributed by atoms with E-state index in [1.807, 2.05) is 48.8 Å². The minimum atomic E-state index is -0.251. The second-order valence-electron chi connectivity index (χ2n) is 5.51. The molecule has 0 saturated carbocycles. The first-order valence-electron chi connectivity index (χ1n) is 7.77. The normalized spacial score (nSPS) is 10.4. The first-order valence-corrected chi connectivity index (χ1v) is 7.77. The maximum absolute atomic E-state index is 11.9. The van der Waals surface area contributed by atoms with Crippen molar-refractivity contribution < 1.29 is 9.21 Å². The van der Waals surface area contributed by atoms with Crippen LogP contribution in [0.3, 0.4) is 0 Å². The predicted molar refractivity (Wildman–Crippen MR) is 94.3 cm³/mol. The average molecular weight is 321 g/mol. The second-order valence-corrected chi connectivity index (χ2v) is 5.51. The van der Waals surface area contributed by atoms with Gasteiger partial charge in [-0.15, -0.1) is 0 Å². The number of amides is 1. The minimum absolute atomic E-state index is 0.251. The summed E-state index contributed by atoms with van der Waals surface area (Å²) in [5.74, 6) is 0.0485. The van der Waals surface area contributed by atoms with Crippen molar-refractivity contribution >= 4 is 17.3 Å². The summed E-state index contributed by atoms with van der Waals surface area (Å²) in [6, 6.07) is 15.1. The number of carbonyl (C=O) groups is 1. The third-order valence-corrected chi connectivity index (χ3v) is 3.80. The number of rotatable bonds is 6. The lowest BCUT2D eigenvalue weighted by Gasteiger charge is -2.19. The van der Waals surface area contributed by atoms with Crippen molar-refractivity contribution in [2.24, 2.45) is 0 Å². The highest BCUT2D eigenvalue weighted by atomic mass is 16.3. The summed E-state index contributed by atoms with van der Waals surface area (Å²) in [5.41, 5.74) is 3.10. The molecule has 1 N–H and O–H groups in total. The van der Waals surface area contributed by atoms with Gasteiger partial charge in [0.05, 0.1) is 6.26 Å². The number of benzene rings is 1. The van der Waals surface area contributed by atoms with Gasteiger partial charge in [0.2, 0.25) is 0 Å². The molecule has 122 valence electrons. The zero-order chi connectivity index (χ0) is 16.8. The van der Waals surface area contributed by atoms with E-state index < -0.39 is 0 Å². The second kappa shape index (κ2) is 7.46. The zero-order valence-electron chi connectivity index (χ0n) is 13.5. The van der Waals surface area contributed by atoms with Crippen LogP contribution in [0.25, 0.3) is 0 Å². The Hall–Kier alpha value is -3.08. The van der Waals surface area contributed by atoms with Crippen molar-refractivity contribution in [2.75, 3.05) is 23.8 Å². The van der Waals surface area contributed by atoms with Crippen LogP contribution in [0.4, 0.5) is 11.4 Å². The summed E-state index contributed by atoms with van der Waals surface area (Å²) in [5, 5.41) is 2.81. The maximum Gasteiger partial charge on any atom is 0.291 e. The quantitative estimate of drug-likeness (QED) is 0.753. The fourth-order valence-corrected chi connectivity index (χ4v) is 2.38. The molecule has 2 aromatic heterocycles. The molecular weight excluding hydrogens is 302 g/mol. The number of carbonyl (C=O) groups excluding carboxylic acids is 1. The van der Waals surface area contributed by atoms with Crippen LogP contribution in [0, 0.1) is 0 Å². The first kappa shape index (κ1) is 15.8. The zero-order valence-corrected chi connectivity index (χ0v) is 13.5. The van der Waals surface area contributed by atoms with Gasteiger partial charge in [0.15, 0.2) is 5.76 Å². The van der Waals surface area contributed by atoms with Crippen molar-refractivity contribution in [3.8, 4) is 0 Å². The van der Waals surface area contributed by atoms with Gasteiger partial charge in [-0.3, -0.25) is 9.78 Å². The number of hydrogen-bond donors (Lipinski definition) is 1. The van der Waals surface area contributed by atoms with Gasteiger partial charge in [-0.25, -0.2) is 0 Å². The van der Waals surface area contributed by atoms with E-state index in [9.17, 15) is 4.79 Å². The van der Waals surface area contributed by atoms with Crippen LogP contribution in [0.2, 0.25) is 0 Å². The number of pyridine rings is 1. The van der Waals surface area contributed by atoms with Crippen molar-refractivity contribution in [2.45, 2.75) is 6.42 Å². The Morgan fingerprint density at radius 2 is 1.88 bits per heavy atom. The van der Waals surface area contributed by atoms with Gasteiger partial charge < -0.3 is 14.6 Å². The van der Waals surface area contributed by atoms with Gasteiger partial charge in [0, 0.05) is 37.4 Å². The molecule has 3 aromatic rings. The topological polar surface area (TPSA) is 58.4 Å². The molecule has 0 aliphatic heterocycles. The molecule has 5 nitrogen and oxygen atoms in total. The largest absolute Gasteiger partial charge is 0.459 e. The van der Waals surface area contributed by atoms with E-state index in [1.165, 1.54) is 11.8 Å². The van der Waals surface area contributed by atoms with E-state index in [2.05, 4.69) is 22.2 Å².